The molecule has 3 atom stereocenters. The molecular weight excluding hydrogens is 346 g/mol. The minimum absolute atomic E-state index is 0.263. The van der Waals surface area contributed by atoms with E-state index in [1.165, 1.54) is 5.56 Å². The van der Waals surface area contributed by atoms with E-state index in [-0.39, 0.29) is 11.5 Å². The van der Waals surface area contributed by atoms with Gasteiger partial charge in [0, 0.05) is 18.5 Å². The molecule has 136 valence electrons. The normalized spacial score (nSPS) is 31.0. The number of rotatable bonds is 3. The van der Waals surface area contributed by atoms with E-state index in [9.17, 15) is 8.42 Å². The molecule has 1 aliphatic carbocycles. The van der Waals surface area contributed by atoms with Gasteiger partial charge in [-0.25, -0.2) is 4.18 Å². The molecule has 2 aliphatic heterocycles. The number of ether oxygens (including phenoxy) is 2. The van der Waals surface area contributed by atoms with Crippen molar-refractivity contribution in [1.29, 1.82) is 0 Å². The van der Waals surface area contributed by atoms with Crippen molar-refractivity contribution in [2.24, 2.45) is 0 Å². The van der Waals surface area contributed by atoms with Crippen molar-refractivity contribution < 1.29 is 26.6 Å². The highest BCUT2D eigenvalue weighted by Crippen LogP contribution is 2.55. The molecular formula is C17H21NO6S. The fraction of sp³-hybridized carbons (Fsp3) is 0.529. The van der Waals surface area contributed by atoms with Gasteiger partial charge in [0.25, 0.3) is 0 Å². The van der Waals surface area contributed by atoms with Crippen LogP contribution in [-0.4, -0.2) is 50.8 Å². The number of hydrogen-bond acceptors (Lipinski definition) is 6. The van der Waals surface area contributed by atoms with Crippen LogP contribution >= 0.6 is 0 Å². The smallest absolute Gasteiger partial charge is 0.397 e. The number of nitrogens with zero attached hydrogens (tertiary/aromatic N) is 1. The number of benzene rings is 1. The van der Waals surface area contributed by atoms with Gasteiger partial charge in [0.15, 0.2) is 11.5 Å². The molecule has 3 aliphatic rings. The lowest BCUT2D eigenvalue weighted by atomic mass is 9.69. The third kappa shape index (κ3) is 2.73. The minimum Gasteiger partial charge on any atom is -0.493 e. The predicted octanol–water partition coefficient (Wildman–Crippen LogP) is 1.68. The van der Waals surface area contributed by atoms with Gasteiger partial charge >= 0.3 is 10.4 Å². The first-order valence-corrected chi connectivity index (χ1v) is 9.59. The quantitative estimate of drug-likeness (QED) is 0.642. The Labute approximate surface area is 147 Å². The van der Waals surface area contributed by atoms with Crippen molar-refractivity contribution in [2.45, 2.75) is 37.0 Å². The fourth-order valence-electron chi connectivity index (χ4n) is 4.29. The van der Waals surface area contributed by atoms with Crippen LogP contribution in [0.15, 0.2) is 24.3 Å². The first-order valence-electron chi connectivity index (χ1n) is 8.23. The SMILES string of the molecule is COc1ccc2c3c1OC1CC(OS(=O)(=O)O)C=CC31CCN(C)C2. The van der Waals surface area contributed by atoms with E-state index in [0.717, 1.165) is 30.8 Å². The van der Waals surface area contributed by atoms with Gasteiger partial charge in [-0.15, -0.1) is 0 Å². The standard InChI is InChI=1S/C17H21NO6S/c1-18-8-7-17-6-5-12(24-25(19,20)21)9-14(17)23-16-13(22-2)4-3-11(10-18)15(16)17/h3-6,12,14H,7-10H2,1-2H3,(H,19,20,21). The van der Waals surface area contributed by atoms with Crippen LogP contribution in [0.5, 0.6) is 11.5 Å². The Bertz CT molecular complexity index is 836. The Morgan fingerprint density at radius 3 is 2.92 bits per heavy atom. The summed E-state index contributed by atoms with van der Waals surface area (Å²) >= 11 is 0. The van der Waals surface area contributed by atoms with Gasteiger partial charge in [-0.2, -0.15) is 8.42 Å². The van der Waals surface area contributed by atoms with Crippen molar-refractivity contribution in [1.82, 2.24) is 4.90 Å². The maximum Gasteiger partial charge on any atom is 0.397 e. The highest BCUT2D eigenvalue weighted by atomic mass is 32.3. The third-order valence-corrected chi connectivity index (χ3v) is 5.87. The lowest BCUT2D eigenvalue weighted by Crippen LogP contribution is -2.43. The molecule has 4 rings (SSSR count). The molecule has 0 aromatic heterocycles. The van der Waals surface area contributed by atoms with Crippen molar-refractivity contribution in [2.75, 3.05) is 20.7 Å². The van der Waals surface area contributed by atoms with Crippen molar-refractivity contribution in [3.05, 3.63) is 35.4 Å². The van der Waals surface area contributed by atoms with Gasteiger partial charge < -0.3 is 14.4 Å². The summed E-state index contributed by atoms with van der Waals surface area (Å²) in [5.41, 5.74) is 1.99. The molecule has 2 heterocycles. The average molecular weight is 367 g/mol. The van der Waals surface area contributed by atoms with Gasteiger partial charge in [-0.1, -0.05) is 18.2 Å². The van der Waals surface area contributed by atoms with E-state index in [1.807, 2.05) is 12.1 Å². The molecule has 7 nitrogen and oxygen atoms in total. The highest BCUT2D eigenvalue weighted by molar-refractivity contribution is 7.80. The third-order valence-electron chi connectivity index (χ3n) is 5.38. The second-order valence-corrected chi connectivity index (χ2v) is 7.97. The second kappa shape index (κ2) is 5.70. The van der Waals surface area contributed by atoms with Crippen LogP contribution in [0.25, 0.3) is 0 Å². The van der Waals surface area contributed by atoms with Gasteiger partial charge in [0.2, 0.25) is 0 Å². The molecule has 8 heteroatoms. The summed E-state index contributed by atoms with van der Waals surface area (Å²) in [6.45, 7) is 1.72. The average Bonchev–Trinajstić information content (AvgIpc) is 2.79. The van der Waals surface area contributed by atoms with Gasteiger partial charge in [0.05, 0.1) is 12.5 Å². The molecule has 0 fully saturated rings. The maximum absolute atomic E-state index is 11.1. The lowest BCUT2D eigenvalue weighted by molar-refractivity contribution is 0.0890. The monoisotopic (exact) mass is 367 g/mol. The minimum atomic E-state index is -4.51. The lowest BCUT2D eigenvalue weighted by Gasteiger charge is -2.36. The summed E-state index contributed by atoms with van der Waals surface area (Å²) in [5.74, 6) is 1.41. The molecule has 0 amide bonds. The molecule has 0 saturated carbocycles. The molecule has 0 bridgehead atoms. The summed E-state index contributed by atoms with van der Waals surface area (Å²) in [4.78, 5) is 2.26. The molecule has 25 heavy (non-hydrogen) atoms. The molecule has 0 saturated heterocycles. The van der Waals surface area contributed by atoms with E-state index >= 15 is 0 Å². The first kappa shape index (κ1) is 16.8. The van der Waals surface area contributed by atoms with Gasteiger partial charge in [-0.05, 0) is 31.6 Å². The Balaban J connectivity index is 1.81. The largest absolute Gasteiger partial charge is 0.493 e. The summed E-state index contributed by atoms with van der Waals surface area (Å²) in [6.07, 6.45) is 3.91. The second-order valence-electron chi connectivity index (χ2n) is 6.92. The topological polar surface area (TPSA) is 85.3 Å². The highest BCUT2D eigenvalue weighted by Gasteiger charge is 2.53. The van der Waals surface area contributed by atoms with E-state index in [0.29, 0.717) is 12.2 Å². The van der Waals surface area contributed by atoms with Crippen molar-refractivity contribution in [3.8, 4) is 11.5 Å². The van der Waals surface area contributed by atoms with E-state index in [2.05, 4.69) is 18.0 Å². The Morgan fingerprint density at radius 2 is 2.20 bits per heavy atom. The predicted molar refractivity (Wildman–Crippen MR) is 90.2 cm³/mol. The summed E-state index contributed by atoms with van der Waals surface area (Å²) in [6, 6.07) is 3.98. The van der Waals surface area contributed by atoms with Gasteiger partial charge in [0.1, 0.15) is 12.2 Å². The zero-order valence-corrected chi connectivity index (χ0v) is 15.0. The van der Waals surface area contributed by atoms with Crippen LogP contribution in [0.3, 0.4) is 0 Å². The van der Waals surface area contributed by atoms with Crippen molar-refractivity contribution >= 4 is 10.4 Å². The zero-order valence-electron chi connectivity index (χ0n) is 14.1. The Morgan fingerprint density at radius 1 is 1.40 bits per heavy atom. The van der Waals surface area contributed by atoms with Crippen LogP contribution in [0.2, 0.25) is 0 Å². The van der Waals surface area contributed by atoms with E-state index in [1.54, 1.807) is 13.2 Å². The van der Waals surface area contributed by atoms with Crippen LogP contribution in [-0.2, 0) is 26.5 Å². The fourth-order valence-corrected chi connectivity index (χ4v) is 4.75. The van der Waals surface area contributed by atoms with E-state index in [4.69, 9.17) is 18.2 Å². The van der Waals surface area contributed by atoms with Crippen LogP contribution < -0.4 is 9.47 Å². The van der Waals surface area contributed by atoms with Crippen LogP contribution in [0, 0.1) is 0 Å². The molecule has 1 aromatic carbocycles. The summed E-state index contributed by atoms with van der Waals surface area (Å²) < 4.78 is 47.5. The number of methoxy groups -OCH3 is 1. The Hall–Kier alpha value is -1.61. The van der Waals surface area contributed by atoms with E-state index < -0.39 is 16.5 Å². The van der Waals surface area contributed by atoms with Crippen LogP contribution in [0.1, 0.15) is 24.0 Å². The van der Waals surface area contributed by atoms with Crippen LogP contribution in [0.4, 0.5) is 0 Å². The first-order chi connectivity index (χ1) is 11.8. The molecule has 0 radical (unpaired) electrons. The summed E-state index contributed by atoms with van der Waals surface area (Å²) in [5, 5.41) is 0. The maximum atomic E-state index is 11.1. The molecule has 3 unspecified atom stereocenters. The summed E-state index contributed by atoms with van der Waals surface area (Å²) in [7, 11) is -0.815. The van der Waals surface area contributed by atoms with Gasteiger partial charge in [-0.3, -0.25) is 4.55 Å². The molecule has 1 aromatic rings. The zero-order chi connectivity index (χ0) is 17.8. The molecule has 1 spiro atoms. The Kier molecular flexibility index (Phi) is 3.84. The van der Waals surface area contributed by atoms with Crippen molar-refractivity contribution in [3.63, 3.8) is 0 Å². The number of hydrogen-bond donors (Lipinski definition) is 1. The molecule has 1 N–H and O–H groups in total.